The number of aliphatic hydroxyl groups is 1. The van der Waals surface area contributed by atoms with E-state index in [0.29, 0.717) is 132 Å². The number of benzene rings is 8. The highest BCUT2D eigenvalue weighted by atomic mass is 16.6. The highest BCUT2D eigenvalue weighted by molar-refractivity contribution is 6.03. The molecule has 0 saturated carbocycles. The van der Waals surface area contributed by atoms with E-state index in [1.54, 1.807) is 36.0 Å². The van der Waals surface area contributed by atoms with Crippen molar-refractivity contribution >= 4 is 80.6 Å². The van der Waals surface area contributed by atoms with Gasteiger partial charge in [-0.1, -0.05) is 111 Å². The lowest BCUT2D eigenvalue weighted by atomic mass is 10.1. The fourth-order valence-corrected chi connectivity index (χ4v) is 15.5. The van der Waals surface area contributed by atoms with Gasteiger partial charge in [0.2, 0.25) is 11.4 Å². The first-order chi connectivity index (χ1) is 68.4. The Kier molecular flexibility index (Phi) is 37.4. The predicted octanol–water partition coefficient (Wildman–Crippen LogP) is 19.8. The number of nitrogen functional groups attached to an aromatic ring is 2. The Labute approximate surface area is 837 Å². The molecule has 4 fully saturated rings. The Hall–Kier alpha value is -17.5. The number of carbonyl (C=O) groups is 6. The van der Waals surface area contributed by atoms with E-state index in [2.05, 4.69) is 52.2 Å². The van der Waals surface area contributed by atoms with Crippen LogP contribution in [0.1, 0.15) is 150 Å². The van der Waals surface area contributed by atoms with Gasteiger partial charge in [0.15, 0.2) is 23.2 Å². The largest absolute Gasteiger partial charge is 0.478 e. The summed E-state index contributed by atoms with van der Waals surface area (Å²) in [5.41, 5.74) is 26.9. The van der Waals surface area contributed by atoms with Crippen molar-refractivity contribution in [3.05, 3.63) is 286 Å². The molecule has 6 aromatic heterocycles. The number of rotatable bonds is 18. The van der Waals surface area contributed by atoms with E-state index in [1.807, 2.05) is 269 Å². The zero-order valence-corrected chi connectivity index (χ0v) is 81.3. The lowest BCUT2D eigenvalue weighted by molar-refractivity contribution is -0.131. The van der Waals surface area contributed by atoms with Crippen LogP contribution in [0.15, 0.2) is 241 Å². The van der Waals surface area contributed by atoms with Gasteiger partial charge in [0.25, 0.3) is 11.1 Å². The van der Waals surface area contributed by atoms with Gasteiger partial charge in [0.05, 0.1) is 59.5 Å². The average molecular weight is 1980 g/mol. The third kappa shape index (κ3) is 28.9. The first-order valence-corrected chi connectivity index (χ1v) is 45.7. The van der Waals surface area contributed by atoms with Gasteiger partial charge in [-0.2, -0.15) is 30.6 Å². The second-order valence-corrected chi connectivity index (χ2v) is 36.1. The first-order valence-electron chi connectivity index (χ1n) is 45.7. The maximum absolute atomic E-state index is 12.9. The molecule has 4 aliphatic heterocycles. The fraction of sp³-hybridized carbons (Fsp3) is 0.295. The molecule has 4 saturated heterocycles. The highest BCUT2D eigenvalue weighted by Crippen LogP contribution is 2.42. The number of hydrogen-bond donors (Lipinski definition) is 10. The molecule has 18 rings (SSSR count). The van der Waals surface area contributed by atoms with Crippen LogP contribution in [-0.4, -0.2) is 201 Å². The number of H-pyrrole nitrogens is 3. The number of fused-ring (bicyclic) bond motifs is 2. The molecule has 14 N–H and O–H groups in total. The summed E-state index contributed by atoms with van der Waals surface area (Å²) < 4.78 is 44.5. The van der Waals surface area contributed by atoms with Crippen molar-refractivity contribution in [3.8, 4) is 91.0 Å². The van der Waals surface area contributed by atoms with E-state index in [4.69, 9.17) is 89.2 Å². The predicted molar refractivity (Wildman–Crippen MR) is 550 cm³/mol. The molecular formula is C105H120N22O18. The number of hydrogen-bond acceptors (Lipinski definition) is 27. The van der Waals surface area contributed by atoms with Gasteiger partial charge in [-0.25, -0.2) is 50.1 Å². The molecule has 0 spiro atoms. The average Bonchev–Trinajstić information content (AvgIpc) is 1.62. The van der Waals surface area contributed by atoms with Crippen LogP contribution in [0.2, 0.25) is 0 Å². The van der Waals surface area contributed by atoms with E-state index in [9.17, 15) is 43.5 Å². The number of nitrogens with zero attached hydrogens (tertiary/aromatic N) is 14. The van der Waals surface area contributed by atoms with E-state index in [0.717, 1.165) is 65.3 Å². The summed E-state index contributed by atoms with van der Waals surface area (Å²) in [5.74, 6) is 4.70. The Balaban J connectivity index is 0.000000204. The molecule has 10 heterocycles. The number of nitrogens with one attached hydrogen (secondary N) is 6. The van der Waals surface area contributed by atoms with Gasteiger partial charge in [-0.05, 0) is 241 Å². The molecule has 8 aromatic carbocycles. The second-order valence-electron chi connectivity index (χ2n) is 36.1. The number of carboxylic acid groups (broad SMARTS) is 1. The van der Waals surface area contributed by atoms with Gasteiger partial charge in [-0.3, -0.25) is 38.3 Å². The number of nitrogens with two attached hydrogens (primary N) is 2. The Bertz CT molecular complexity index is 7010. The molecule has 758 valence electrons. The molecule has 40 nitrogen and oxygen atoms in total. The number of aliphatic carboxylic acids is 1. The molecular weight excluding hydrogens is 1860 g/mol. The third-order valence-electron chi connectivity index (χ3n) is 22.0. The van der Waals surface area contributed by atoms with Gasteiger partial charge in [0, 0.05) is 64.4 Å². The van der Waals surface area contributed by atoms with Gasteiger partial charge >= 0.3 is 24.2 Å². The van der Waals surface area contributed by atoms with Crippen LogP contribution in [-0.2, 0) is 19.0 Å². The quantitative estimate of drug-likeness (QED) is 0.0125. The monoisotopic (exact) mass is 1980 g/mol. The normalized spacial score (nSPS) is 14.9. The van der Waals surface area contributed by atoms with E-state index in [1.165, 1.54) is 18.7 Å². The maximum Gasteiger partial charge on any atom is 0.410 e. The summed E-state index contributed by atoms with van der Waals surface area (Å²) in [6.07, 6.45) is 2.14. The number of Topliss-reactive ketones (excluding diaryl/α,β-unsaturated/α-hetero) is 2. The Morgan fingerprint density at radius 2 is 0.766 bits per heavy atom. The Morgan fingerprint density at radius 3 is 1.08 bits per heavy atom. The van der Waals surface area contributed by atoms with Crippen LogP contribution in [0.3, 0.4) is 0 Å². The van der Waals surface area contributed by atoms with Crippen molar-refractivity contribution in [1.29, 1.82) is 11.1 Å². The number of ether oxygens (including phenoxy) is 7. The number of likely N-dealkylation sites (tertiary alicyclic amines) is 3. The molecule has 4 aliphatic rings. The number of aliphatic hydroxyl groups excluding tert-OH is 1. The van der Waals surface area contributed by atoms with Crippen molar-refractivity contribution in [2.75, 3.05) is 63.8 Å². The summed E-state index contributed by atoms with van der Waals surface area (Å²) in [4.78, 5) is 107. The van der Waals surface area contributed by atoms with E-state index in [-0.39, 0.29) is 102 Å². The molecule has 0 bridgehead atoms. The molecule has 40 heteroatoms. The molecule has 4 atom stereocenters. The van der Waals surface area contributed by atoms with Crippen LogP contribution in [0.4, 0.5) is 37.4 Å². The SMILES string of the molecule is C.C=CC(=O)O.CC(C)(C)OC(=O)N1CC[C@@H](n2nc(-c3ccc(Oc4ccccc4)cc3)c3c(N)n[nH]c(=O)c32)C1.CC(C)(C)OC(=O)N1CC[C@H](O)C1.N=N.Nc1n[nH]c(=O)c2c1c(-c1ccc(Oc3ccccc3)cc1)nn2[C@@H]1CCNC1.O.[C-]#[N+]c1c(-c2ccc(Oc3ccccc3)cc2)n[nH]c1C(C)=O.[C-]#[N+]c1c(-c2ccc(Oc3ccccc3)cc2)nn([C@@H]2CCN(C(=O)OC(C)(C)C)C2)c1C(C)=O.[HH]. The number of anilines is 2. The lowest BCUT2D eigenvalue weighted by Crippen LogP contribution is -2.35. The van der Waals surface area contributed by atoms with Crippen molar-refractivity contribution < 1.29 is 79.0 Å². The van der Waals surface area contributed by atoms with Crippen molar-refractivity contribution in [3.63, 3.8) is 0 Å². The summed E-state index contributed by atoms with van der Waals surface area (Å²) in [7, 11) is 0. The summed E-state index contributed by atoms with van der Waals surface area (Å²) >= 11 is 0. The first kappa shape index (κ1) is 110. The van der Waals surface area contributed by atoms with Crippen LogP contribution < -0.4 is 46.9 Å². The Morgan fingerprint density at radius 1 is 0.448 bits per heavy atom. The number of amides is 3. The minimum absolute atomic E-state index is 0. The number of β-amino-alcohol motifs (C(OH)–C–C–N with tert-alkyl or cyclic N) is 1. The van der Waals surface area contributed by atoms with Gasteiger partial charge < -0.3 is 80.3 Å². The maximum atomic E-state index is 12.9. The van der Waals surface area contributed by atoms with Crippen LogP contribution >= 0.6 is 0 Å². The number of ketones is 2. The minimum atomic E-state index is -0.981. The third-order valence-corrected chi connectivity index (χ3v) is 22.0. The number of para-hydroxylation sites is 4. The summed E-state index contributed by atoms with van der Waals surface area (Å²) in [6.45, 7) is 41.7. The van der Waals surface area contributed by atoms with Crippen LogP contribution in [0, 0.1) is 24.2 Å². The highest BCUT2D eigenvalue weighted by Gasteiger charge is 2.38. The number of carboxylic acids is 1. The molecule has 0 radical (unpaired) electrons. The van der Waals surface area contributed by atoms with Crippen molar-refractivity contribution in [1.82, 2.24) is 80.0 Å². The zero-order chi connectivity index (χ0) is 103. The summed E-state index contributed by atoms with van der Waals surface area (Å²) in [5, 5.41) is 55.0. The topological polar surface area (TPSA) is 543 Å². The van der Waals surface area contributed by atoms with Gasteiger partial charge in [-0.15, -0.1) is 0 Å². The lowest BCUT2D eigenvalue weighted by Gasteiger charge is -2.24. The summed E-state index contributed by atoms with van der Waals surface area (Å²) in [6, 6.07) is 67.2. The second kappa shape index (κ2) is 49.6. The van der Waals surface area contributed by atoms with Crippen LogP contribution in [0.25, 0.3) is 76.5 Å². The number of carbonyl (C=O) groups excluding carboxylic acids is 5. The molecule has 0 unspecified atom stereocenters. The van der Waals surface area contributed by atoms with E-state index < -0.39 is 34.4 Å². The molecule has 3 amide bonds. The molecule has 145 heavy (non-hydrogen) atoms. The minimum Gasteiger partial charge on any atom is -0.478 e. The van der Waals surface area contributed by atoms with Crippen molar-refractivity contribution in [2.24, 2.45) is 0 Å². The van der Waals surface area contributed by atoms with Crippen molar-refractivity contribution in [2.45, 2.75) is 150 Å². The fourth-order valence-electron chi connectivity index (χ4n) is 15.5. The smallest absolute Gasteiger partial charge is 0.410 e. The number of aromatic nitrogens is 12. The standard InChI is InChI=1S/C27H28N4O4.C26H28N6O4.C21H20N6O2.C18H13N3O2.C9H17NO3.C3H4O2.CH4.H2N2.H2O.H2/c1-18(32)25-24(28-5)23(19-11-13-22(14-12-19)34-21-9-7-6-8-10-21)29-31(25)20-15-16-30(17-20)26(33)35-27(2,3)4;1-26(2,3)36-25(34)31-14-13-17(15-31)32-22-20(23(27)28-29-24(22)33)21(30-32)16-9-11-19(12-10-16)35-18-7-5-4-6-8-18;22-20-17-18(13-6-8-16(9-7-13)29-15-4-2-1-3-5-15)26-27(14-10-11-23-12-14)19(17)21(28)25-24-20;1-12(22)16-18(19-2)17(21-20-16)13-8-10-15(11-9-13)23-14-6-4-3-5-7-14;1-9(2,3)13-8(12)10-5-4-7(11)6-10;1-2-3(4)5;;1-2;;/h6-14,20H,15-17H2,1-4H3;4-12,17H,13-15H2,1-3H3,(H2,27,28)(H,29,33);1-9,14,23H,10-12H2,(H2,22,24)(H,25,28);3-11H,1H3,(H,20,21);7,11H,4-6H2,1-3H3;2H,1H2,(H,4,5);1H4;1-2H;1H2;1H/t20-;17-;14-;;7-;;;;;/m111.0...../s1. The van der Waals surface area contributed by atoms with Gasteiger partial charge in [0.1, 0.15) is 96.6 Å². The molecule has 0 aliphatic carbocycles. The number of aromatic amines is 3. The van der Waals surface area contributed by atoms with E-state index >= 15 is 0 Å². The van der Waals surface area contributed by atoms with Crippen LogP contribution in [0.5, 0.6) is 46.0 Å². The molecule has 14 aromatic rings. The zero-order valence-electron chi connectivity index (χ0n) is 81.3.